The highest BCUT2D eigenvalue weighted by Crippen LogP contribution is 2.26. The third kappa shape index (κ3) is 3.12. The van der Waals surface area contributed by atoms with Gasteiger partial charge in [0, 0.05) is 12.1 Å². The Balaban J connectivity index is 2.15. The van der Waals surface area contributed by atoms with E-state index < -0.39 is 6.10 Å². The molecule has 0 fully saturated rings. The van der Waals surface area contributed by atoms with E-state index in [0.29, 0.717) is 12.4 Å². The Bertz CT molecular complexity index is 549. The molecule has 1 aromatic heterocycles. The Morgan fingerprint density at radius 2 is 2.21 bits per heavy atom. The van der Waals surface area contributed by atoms with Crippen molar-refractivity contribution in [1.82, 2.24) is 14.8 Å². The summed E-state index contributed by atoms with van der Waals surface area (Å²) in [5.74, 6) is 1.46. The lowest BCUT2D eigenvalue weighted by Crippen LogP contribution is -2.08. The van der Waals surface area contributed by atoms with Crippen molar-refractivity contribution < 1.29 is 9.84 Å². The van der Waals surface area contributed by atoms with Gasteiger partial charge in [0.25, 0.3) is 0 Å². The molecule has 2 aromatic rings. The van der Waals surface area contributed by atoms with Crippen LogP contribution in [0, 0.1) is 6.92 Å². The van der Waals surface area contributed by atoms with E-state index >= 15 is 0 Å². The number of nitrogens with zero attached hydrogens (tertiary/aromatic N) is 3. The van der Waals surface area contributed by atoms with E-state index in [4.69, 9.17) is 4.74 Å². The summed E-state index contributed by atoms with van der Waals surface area (Å²) >= 11 is 0. The lowest BCUT2D eigenvalue weighted by atomic mass is 10.1. The van der Waals surface area contributed by atoms with Gasteiger partial charge < -0.3 is 9.84 Å². The van der Waals surface area contributed by atoms with Gasteiger partial charge >= 0.3 is 0 Å². The molecule has 0 aliphatic rings. The summed E-state index contributed by atoms with van der Waals surface area (Å²) in [6, 6.07) is 5.78. The SMILES string of the molecule is CCn1ncnc1COc1ccc(C)cc1C(C)O. The standard InChI is InChI=1S/C14H19N3O2/c1-4-17-14(15-9-16-17)8-19-13-6-5-10(2)7-12(13)11(3)18/h5-7,9,11,18H,4,8H2,1-3H3. The average molecular weight is 261 g/mol. The van der Waals surface area contributed by atoms with Crippen LogP contribution >= 0.6 is 0 Å². The Morgan fingerprint density at radius 1 is 1.42 bits per heavy atom. The van der Waals surface area contributed by atoms with Crippen LogP contribution in [0.25, 0.3) is 0 Å². The highest BCUT2D eigenvalue weighted by molar-refractivity contribution is 5.38. The molecule has 1 heterocycles. The van der Waals surface area contributed by atoms with Crippen LogP contribution in [-0.2, 0) is 13.2 Å². The second-order valence-electron chi connectivity index (χ2n) is 4.50. The molecule has 0 spiro atoms. The maximum Gasteiger partial charge on any atom is 0.164 e. The average Bonchev–Trinajstić information content (AvgIpc) is 2.84. The van der Waals surface area contributed by atoms with Crippen molar-refractivity contribution in [2.45, 2.75) is 40.0 Å². The van der Waals surface area contributed by atoms with E-state index in [1.807, 2.05) is 32.0 Å². The maximum atomic E-state index is 9.77. The molecule has 0 bridgehead atoms. The van der Waals surface area contributed by atoms with Crippen molar-refractivity contribution in [3.05, 3.63) is 41.5 Å². The second kappa shape index (κ2) is 5.84. The number of ether oxygens (including phenoxy) is 1. The quantitative estimate of drug-likeness (QED) is 0.896. The van der Waals surface area contributed by atoms with Gasteiger partial charge in [0.15, 0.2) is 5.82 Å². The summed E-state index contributed by atoms with van der Waals surface area (Å²) in [6.07, 6.45) is 0.964. The molecule has 1 unspecified atom stereocenters. The predicted molar refractivity (Wildman–Crippen MR) is 71.8 cm³/mol. The smallest absolute Gasteiger partial charge is 0.164 e. The van der Waals surface area contributed by atoms with Crippen molar-refractivity contribution in [2.75, 3.05) is 0 Å². The van der Waals surface area contributed by atoms with Crippen molar-refractivity contribution in [3.63, 3.8) is 0 Å². The largest absolute Gasteiger partial charge is 0.485 e. The lowest BCUT2D eigenvalue weighted by Gasteiger charge is -2.14. The fraction of sp³-hybridized carbons (Fsp3) is 0.429. The zero-order valence-corrected chi connectivity index (χ0v) is 11.5. The maximum absolute atomic E-state index is 9.77. The van der Waals surface area contributed by atoms with Gasteiger partial charge in [0.1, 0.15) is 18.7 Å². The van der Waals surface area contributed by atoms with Crippen LogP contribution in [0.5, 0.6) is 5.75 Å². The third-order valence-corrected chi connectivity index (χ3v) is 2.97. The van der Waals surface area contributed by atoms with E-state index in [-0.39, 0.29) is 0 Å². The topological polar surface area (TPSA) is 60.2 Å². The van der Waals surface area contributed by atoms with Gasteiger partial charge in [-0.3, -0.25) is 0 Å². The minimum absolute atomic E-state index is 0.344. The molecule has 2 rings (SSSR count). The first-order valence-corrected chi connectivity index (χ1v) is 6.40. The molecule has 1 aromatic carbocycles. The summed E-state index contributed by atoms with van der Waals surface area (Å²) in [5.41, 5.74) is 1.89. The summed E-state index contributed by atoms with van der Waals surface area (Å²) in [7, 11) is 0. The van der Waals surface area contributed by atoms with Gasteiger partial charge in [-0.05, 0) is 32.9 Å². The molecular weight excluding hydrogens is 242 g/mol. The Hall–Kier alpha value is -1.88. The van der Waals surface area contributed by atoms with Gasteiger partial charge in [-0.25, -0.2) is 9.67 Å². The Kier molecular flexibility index (Phi) is 4.16. The molecule has 0 amide bonds. The molecule has 0 aliphatic carbocycles. The number of aryl methyl sites for hydroxylation is 2. The van der Waals surface area contributed by atoms with E-state index in [2.05, 4.69) is 10.1 Å². The first kappa shape index (κ1) is 13.5. The Morgan fingerprint density at radius 3 is 2.89 bits per heavy atom. The zero-order valence-electron chi connectivity index (χ0n) is 11.5. The summed E-state index contributed by atoms with van der Waals surface area (Å²) in [5, 5.41) is 13.9. The molecule has 0 saturated carbocycles. The fourth-order valence-corrected chi connectivity index (χ4v) is 1.93. The van der Waals surface area contributed by atoms with Crippen LogP contribution in [0.4, 0.5) is 0 Å². The van der Waals surface area contributed by atoms with E-state index in [1.165, 1.54) is 6.33 Å². The van der Waals surface area contributed by atoms with Crippen LogP contribution in [-0.4, -0.2) is 19.9 Å². The lowest BCUT2D eigenvalue weighted by molar-refractivity contribution is 0.189. The van der Waals surface area contributed by atoms with E-state index in [9.17, 15) is 5.11 Å². The van der Waals surface area contributed by atoms with Crippen LogP contribution in [0.1, 0.15) is 36.9 Å². The van der Waals surface area contributed by atoms with Gasteiger partial charge in [0.05, 0.1) is 6.10 Å². The van der Waals surface area contributed by atoms with Crippen molar-refractivity contribution in [2.24, 2.45) is 0 Å². The molecule has 5 nitrogen and oxygen atoms in total. The van der Waals surface area contributed by atoms with Crippen molar-refractivity contribution in [3.8, 4) is 5.75 Å². The fourth-order valence-electron chi connectivity index (χ4n) is 1.93. The first-order chi connectivity index (χ1) is 9.11. The van der Waals surface area contributed by atoms with Crippen LogP contribution in [0.2, 0.25) is 0 Å². The van der Waals surface area contributed by atoms with Crippen molar-refractivity contribution >= 4 is 0 Å². The number of hydrogen-bond donors (Lipinski definition) is 1. The number of aliphatic hydroxyl groups excluding tert-OH is 1. The number of benzene rings is 1. The second-order valence-corrected chi connectivity index (χ2v) is 4.50. The van der Waals surface area contributed by atoms with Crippen LogP contribution in [0.3, 0.4) is 0 Å². The van der Waals surface area contributed by atoms with Crippen molar-refractivity contribution in [1.29, 1.82) is 0 Å². The molecule has 5 heteroatoms. The molecule has 1 atom stereocenters. The van der Waals surface area contributed by atoms with Crippen LogP contribution < -0.4 is 4.74 Å². The molecular formula is C14H19N3O2. The summed E-state index contributed by atoms with van der Waals surface area (Å²) in [6.45, 7) is 6.83. The van der Waals surface area contributed by atoms with Gasteiger partial charge in [-0.2, -0.15) is 5.10 Å². The number of aromatic nitrogens is 3. The van der Waals surface area contributed by atoms with E-state index in [0.717, 1.165) is 23.5 Å². The predicted octanol–water partition coefficient (Wildman–Crippen LogP) is 2.24. The number of hydrogen-bond acceptors (Lipinski definition) is 4. The van der Waals surface area contributed by atoms with Gasteiger partial charge in [0.2, 0.25) is 0 Å². The summed E-state index contributed by atoms with van der Waals surface area (Å²) < 4.78 is 7.54. The van der Waals surface area contributed by atoms with Gasteiger partial charge in [-0.1, -0.05) is 11.6 Å². The molecule has 1 N–H and O–H groups in total. The highest BCUT2D eigenvalue weighted by Gasteiger charge is 2.11. The highest BCUT2D eigenvalue weighted by atomic mass is 16.5. The monoisotopic (exact) mass is 261 g/mol. The zero-order chi connectivity index (χ0) is 13.8. The third-order valence-electron chi connectivity index (χ3n) is 2.97. The minimum Gasteiger partial charge on any atom is -0.485 e. The van der Waals surface area contributed by atoms with E-state index in [1.54, 1.807) is 11.6 Å². The molecule has 0 saturated heterocycles. The molecule has 102 valence electrons. The Labute approximate surface area is 112 Å². The molecule has 0 aliphatic heterocycles. The summed E-state index contributed by atoms with van der Waals surface area (Å²) in [4.78, 5) is 4.16. The number of aliphatic hydroxyl groups is 1. The number of rotatable bonds is 5. The first-order valence-electron chi connectivity index (χ1n) is 6.40. The molecule has 0 radical (unpaired) electrons. The normalized spacial score (nSPS) is 12.4. The van der Waals surface area contributed by atoms with Gasteiger partial charge in [-0.15, -0.1) is 0 Å². The van der Waals surface area contributed by atoms with Crippen LogP contribution in [0.15, 0.2) is 24.5 Å². The minimum atomic E-state index is -0.557. The molecule has 19 heavy (non-hydrogen) atoms.